The van der Waals surface area contributed by atoms with Crippen molar-refractivity contribution in [2.75, 3.05) is 6.67 Å². The van der Waals surface area contributed by atoms with Crippen LogP contribution in [0.3, 0.4) is 0 Å². The lowest BCUT2D eigenvalue weighted by Crippen LogP contribution is -2.13. The molecule has 194 valence electrons. The molecule has 0 saturated heterocycles. The molecule has 0 aliphatic heterocycles. The van der Waals surface area contributed by atoms with Crippen molar-refractivity contribution in [3.05, 3.63) is 69.9 Å². The molecule has 0 aromatic carbocycles. The van der Waals surface area contributed by atoms with Gasteiger partial charge in [0, 0.05) is 0 Å². The highest BCUT2D eigenvalue weighted by atomic mass is 19.4. The highest BCUT2D eigenvalue weighted by molar-refractivity contribution is 5.11. The number of hydrogen-bond acceptors (Lipinski definition) is 0. The Morgan fingerprint density at radius 1 is 0.500 bits per heavy atom. The summed E-state index contributed by atoms with van der Waals surface area (Å²) in [7, 11) is 0. The molecule has 0 bridgehead atoms. The van der Waals surface area contributed by atoms with Crippen LogP contribution >= 0.6 is 0 Å². The van der Waals surface area contributed by atoms with E-state index in [1.54, 1.807) is 0 Å². The summed E-state index contributed by atoms with van der Waals surface area (Å²) < 4.78 is 50.0. The molecule has 0 atom stereocenters. The van der Waals surface area contributed by atoms with E-state index >= 15 is 0 Å². The van der Waals surface area contributed by atoms with Gasteiger partial charge in [-0.2, -0.15) is 13.2 Å². The van der Waals surface area contributed by atoms with Crippen LogP contribution in [0.15, 0.2) is 69.9 Å². The molecule has 0 aliphatic carbocycles. The van der Waals surface area contributed by atoms with Gasteiger partial charge in [0.05, 0.1) is 5.57 Å². The number of halogens is 4. The highest BCUT2D eigenvalue weighted by Gasteiger charge is 2.32. The van der Waals surface area contributed by atoms with Gasteiger partial charge in [0.1, 0.15) is 6.67 Å². The van der Waals surface area contributed by atoms with Crippen LogP contribution in [-0.4, -0.2) is 12.9 Å². The van der Waals surface area contributed by atoms with Crippen molar-refractivity contribution in [1.82, 2.24) is 0 Å². The molecule has 4 heteroatoms. The van der Waals surface area contributed by atoms with E-state index in [1.807, 2.05) is 6.92 Å². The predicted molar refractivity (Wildman–Crippen MR) is 141 cm³/mol. The van der Waals surface area contributed by atoms with Gasteiger partial charge in [-0.1, -0.05) is 64.3 Å². The van der Waals surface area contributed by atoms with E-state index in [2.05, 4.69) is 65.0 Å². The molecule has 0 aromatic rings. The van der Waals surface area contributed by atoms with E-state index in [-0.39, 0.29) is 6.42 Å². The van der Waals surface area contributed by atoms with E-state index < -0.39 is 18.4 Å². The summed E-state index contributed by atoms with van der Waals surface area (Å²) in [5.74, 6) is 0. The Bertz CT molecular complexity index is 751. The molecule has 0 heterocycles. The summed E-state index contributed by atoms with van der Waals surface area (Å²) in [6.07, 6.45) is 16.9. The maximum atomic E-state index is 12.5. The van der Waals surface area contributed by atoms with E-state index in [0.29, 0.717) is 6.42 Å². The number of hydrogen-bond donors (Lipinski definition) is 0. The second kappa shape index (κ2) is 18.5. The Hall–Kier alpha value is -1.84. The minimum absolute atomic E-state index is 0.215. The van der Waals surface area contributed by atoms with Gasteiger partial charge in [0.25, 0.3) is 0 Å². The molecule has 0 spiro atoms. The third-order valence-corrected chi connectivity index (χ3v) is 5.74. The molecule has 0 nitrogen and oxygen atoms in total. The minimum Gasteiger partial charge on any atom is -0.246 e. The Morgan fingerprint density at radius 3 is 1.15 bits per heavy atom. The molecule has 0 aromatic heterocycles. The van der Waals surface area contributed by atoms with Gasteiger partial charge in [-0.05, 0) is 106 Å². The van der Waals surface area contributed by atoms with Crippen LogP contribution in [0.5, 0.6) is 0 Å². The van der Waals surface area contributed by atoms with Crippen molar-refractivity contribution >= 4 is 0 Å². The summed E-state index contributed by atoms with van der Waals surface area (Å²) >= 11 is 0. The normalized spacial score (nSPS) is 14.6. The van der Waals surface area contributed by atoms with Gasteiger partial charge in [-0.25, -0.2) is 4.39 Å². The van der Waals surface area contributed by atoms with Crippen LogP contribution in [0.25, 0.3) is 0 Å². The van der Waals surface area contributed by atoms with Crippen LogP contribution in [0, 0.1) is 0 Å². The Kier molecular flexibility index (Phi) is 17.5. The third kappa shape index (κ3) is 18.6. The summed E-state index contributed by atoms with van der Waals surface area (Å²) in [5.41, 5.74) is 5.59. The monoisotopic (exact) mass is 482 g/mol. The maximum Gasteiger partial charge on any atom is 0.414 e. The van der Waals surface area contributed by atoms with Gasteiger partial charge in [-0.15, -0.1) is 0 Å². The van der Waals surface area contributed by atoms with Gasteiger partial charge in [-0.3, -0.25) is 0 Å². The van der Waals surface area contributed by atoms with Crippen molar-refractivity contribution in [1.29, 1.82) is 0 Å². The molecule has 0 aliphatic rings. The lowest BCUT2D eigenvalue weighted by atomic mass is 10.0. The summed E-state index contributed by atoms with van der Waals surface area (Å²) in [4.78, 5) is 0. The largest absolute Gasteiger partial charge is 0.414 e. The van der Waals surface area contributed by atoms with E-state index in [1.165, 1.54) is 22.3 Å². The fourth-order valence-electron chi connectivity index (χ4n) is 3.47. The smallest absolute Gasteiger partial charge is 0.246 e. The van der Waals surface area contributed by atoms with Gasteiger partial charge < -0.3 is 0 Å². The highest BCUT2D eigenvalue weighted by Crippen LogP contribution is 2.26. The number of unbranched alkanes of at least 4 members (excludes halogenated alkanes) is 1. The fourth-order valence-corrected chi connectivity index (χ4v) is 3.47. The van der Waals surface area contributed by atoms with Crippen molar-refractivity contribution < 1.29 is 17.6 Å². The Labute approximate surface area is 206 Å². The quantitative estimate of drug-likeness (QED) is 0.117. The predicted octanol–water partition coefficient (Wildman–Crippen LogP) is 11.1. The van der Waals surface area contributed by atoms with Crippen molar-refractivity contribution in [2.24, 2.45) is 0 Å². The molecule has 0 unspecified atom stereocenters. The first kappa shape index (κ1) is 32.2. The molecule has 0 saturated carbocycles. The lowest BCUT2D eigenvalue weighted by Gasteiger charge is -2.08. The molecule has 0 rings (SSSR count). The van der Waals surface area contributed by atoms with Crippen LogP contribution in [-0.2, 0) is 0 Å². The van der Waals surface area contributed by atoms with Crippen LogP contribution in [0.2, 0.25) is 0 Å². The fraction of sp³-hybridized carbons (Fsp3) is 0.600. The zero-order chi connectivity index (χ0) is 26.0. The van der Waals surface area contributed by atoms with Crippen LogP contribution in [0.4, 0.5) is 17.6 Å². The standard InChI is InChI=1S/C30H46F4/c1-24(2)13-9-16-27(5)19-10-17-25(3)14-7-8-15-26(4)18-11-20-28(6)21-12-22-29(23-31)30(32,33)34/h13-15,19-20,22H,7-12,16-18,21,23H2,1-6H3. The summed E-state index contributed by atoms with van der Waals surface area (Å²) in [6, 6.07) is 0. The second-order valence-electron chi connectivity index (χ2n) is 9.58. The molecule has 0 radical (unpaired) electrons. The number of allylic oxidation sites excluding steroid dienone is 12. The van der Waals surface area contributed by atoms with E-state index in [0.717, 1.165) is 63.0 Å². The first-order valence-electron chi connectivity index (χ1n) is 12.5. The average molecular weight is 483 g/mol. The number of alkyl halides is 4. The van der Waals surface area contributed by atoms with Crippen LogP contribution < -0.4 is 0 Å². The van der Waals surface area contributed by atoms with Crippen molar-refractivity contribution in [2.45, 2.75) is 112 Å². The van der Waals surface area contributed by atoms with E-state index in [9.17, 15) is 17.6 Å². The summed E-state index contributed by atoms with van der Waals surface area (Å²) in [5, 5.41) is 0. The second-order valence-corrected chi connectivity index (χ2v) is 9.58. The first-order chi connectivity index (χ1) is 16.0. The maximum absolute atomic E-state index is 12.5. The molecular weight excluding hydrogens is 436 g/mol. The van der Waals surface area contributed by atoms with Crippen LogP contribution in [0.1, 0.15) is 106 Å². The Morgan fingerprint density at radius 2 is 0.824 bits per heavy atom. The number of rotatable bonds is 16. The van der Waals surface area contributed by atoms with Crippen molar-refractivity contribution in [3.63, 3.8) is 0 Å². The summed E-state index contributed by atoms with van der Waals surface area (Å²) in [6.45, 7) is 11.3. The first-order valence-corrected chi connectivity index (χ1v) is 12.5. The molecule has 0 amide bonds. The molecule has 0 fully saturated rings. The third-order valence-electron chi connectivity index (χ3n) is 5.74. The zero-order valence-corrected chi connectivity index (χ0v) is 22.3. The average Bonchev–Trinajstić information content (AvgIpc) is 2.73. The SMILES string of the molecule is CC(C)=CCCC(C)=CCCC(C)=CCCC=C(C)CCC=C(C)CCC=C(CF)C(F)(F)F. The van der Waals surface area contributed by atoms with Gasteiger partial charge >= 0.3 is 6.18 Å². The van der Waals surface area contributed by atoms with Crippen molar-refractivity contribution in [3.8, 4) is 0 Å². The lowest BCUT2D eigenvalue weighted by molar-refractivity contribution is -0.0952. The Balaban J connectivity index is 4.20. The van der Waals surface area contributed by atoms with Gasteiger partial charge in [0.15, 0.2) is 0 Å². The molecular formula is C30H46F4. The molecule has 34 heavy (non-hydrogen) atoms. The van der Waals surface area contributed by atoms with E-state index in [4.69, 9.17) is 0 Å². The van der Waals surface area contributed by atoms with Gasteiger partial charge in [0.2, 0.25) is 0 Å². The minimum atomic E-state index is -4.57. The molecule has 0 N–H and O–H groups in total. The topological polar surface area (TPSA) is 0 Å². The zero-order valence-electron chi connectivity index (χ0n) is 22.3.